The van der Waals surface area contributed by atoms with E-state index in [9.17, 15) is 13.0 Å². The van der Waals surface area contributed by atoms with Gasteiger partial charge in [-0.3, -0.25) is 4.55 Å². The molecule has 0 aromatic heterocycles. The summed E-state index contributed by atoms with van der Waals surface area (Å²) in [4.78, 5) is 0.369. The number of fused-ring (bicyclic) bond motifs is 1. The maximum Gasteiger partial charge on any atom is 0.289 e. The summed E-state index contributed by atoms with van der Waals surface area (Å²) in [5, 5.41) is 0. The Morgan fingerprint density at radius 2 is 2.00 bits per heavy atom. The normalized spacial score (nSPS) is 25.4. The summed E-state index contributed by atoms with van der Waals surface area (Å²) in [5.74, 6) is 0. The largest absolute Gasteiger partial charge is 0.353 e. The highest BCUT2D eigenvalue weighted by Gasteiger charge is 2.47. The van der Waals surface area contributed by atoms with Crippen LogP contribution in [0.15, 0.2) is 24.3 Å². The molecule has 0 saturated heterocycles. The number of para-hydroxylation sites is 1. The van der Waals surface area contributed by atoms with E-state index in [1.165, 1.54) is 6.92 Å². The molecule has 2 rings (SSSR count). The first-order valence-corrected chi connectivity index (χ1v) is 6.09. The van der Waals surface area contributed by atoms with Gasteiger partial charge in [-0.1, -0.05) is 18.2 Å². The van der Waals surface area contributed by atoms with Crippen LogP contribution < -0.4 is 4.90 Å². The molecule has 4 nitrogen and oxygen atoms in total. The molecule has 1 aromatic rings. The molecule has 1 aliphatic rings. The van der Waals surface area contributed by atoms with E-state index in [4.69, 9.17) is 0 Å². The number of likely N-dealkylation sites (N-methyl/N-ethyl adjacent to an activating group) is 1. The Morgan fingerprint density at radius 1 is 1.40 bits per heavy atom. The Bertz CT molecular complexity index is 497. The maximum atomic E-state index is 11.3. The molecule has 0 saturated carbocycles. The van der Waals surface area contributed by atoms with E-state index < -0.39 is 15.0 Å². The van der Waals surface area contributed by atoms with Crippen molar-refractivity contribution in [1.29, 1.82) is 0 Å². The fraction of sp³-hybridized carbons (Fsp3) is 0.400. The van der Waals surface area contributed by atoms with Gasteiger partial charge in [0.15, 0.2) is 4.87 Å². The molecule has 0 spiro atoms. The number of anilines is 1. The minimum absolute atomic E-state index is 0.318. The molecule has 0 fully saturated rings. The second-order valence-corrected chi connectivity index (χ2v) is 5.84. The fourth-order valence-corrected chi connectivity index (χ4v) is 2.76. The van der Waals surface area contributed by atoms with E-state index in [2.05, 4.69) is 0 Å². The van der Waals surface area contributed by atoms with Crippen LogP contribution in [0.3, 0.4) is 0 Å². The van der Waals surface area contributed by atoms with E-state index in [-0.39, 0.29) is 0 Å². The van der Waals surface area contributed by atoms with Crippen molar-refractivity contribution in [1.82, 2.24) is 0 Å². The van der Waals surface area contributed by atoms with Gasteiger partial charge >= 0.3 is 0 Å². The van der Waals surface area contributed by atoms with Gasteiger partial charge in [0.25, 0.3) is 10.1 Å². The van der Waals surface area contributed by atoms with Gasteiger partial charge in [0.05, 0.1) is 0 Å². The van der Waals surface area contributed by atoms with Crippen LogP contribution >= 0.6 is 0 Å². The monoisotopic (exact) mass is 227 g/mol. The molecule has 1 unspecified atom stereocenters. The zero-order valence-corrected chi connectivity index (χ0v) is 9.45. The number of hydrogen-bond acceptors (Lipinski definition) is 3. The van der Waals surface area contributed by atoms with Gasteiger partial charge in [-0.2, -0.15) is 8.42 Å². The first-order chi connectivity index (χ1) is 6.86. The minimum atomic E-state index is -4.09. The molecule has 1 atom stereocenters. The predicted molar refractivity (Wildman–Crippen MR) is 58.5 cm³/mol. The van der Waals surface area contributed by atoms with Crippen LogP contribution in [-0.4, -0.2) is 24.9 Å². The zero-order valence-electron chi connectivity index (χ0n) is 8.64. The molecule has 0 bridgehead atoms. The highest BCUT2D eigenvalue weighted by molar-refractivity contribution is 7.87. The lowest BCUT2D eigenvalue weighted by Gasteiger charge is -2.30. The summed E-state index contributed by atoms with van der Waals surface area (Å²) in [7, 11) is -2.41. The standard InChI is InChI=1S/C10H13NO3S/c1-10(15(12,13)14)7-8-5-3-4-6-9(8)11(10)2/h3-6H,7H2,1-2H3,(H,12,13,14). The highest BCUT2D eigenvalue weighted by Crippen LogP contribution is 2.39. The van der Waals surface area contributed by atoms with Crippen molar-refractivity contribution in [2.24, 2.45) is 0 Å². The summed E-state index contributed by atoms with van der Waals surface area (Å²) >= 11 is 0. The lowest BCUT2D eigenvalue weighted by molar-refractivity contribution is 0.434. The quantitative estimate of drug-likeness (QED) is 0.734. The topological polar surface area (TPSA) is 57.6 Å². The molecule has 1 heterocycles. The van der Waals surface area contributed by atoms with E-state index in [0.717, 1.165) is 11.3 Å². The fourth-order valence-electron chi connectivity index (χ4n) is 1.98. The van der Waals surface area contributed by atoms with Crippen molar-refractivity contribution in [3.8, 4) is 0 Å². The number of rotatable bonds is 1. The molecule has 1 aliphatic heterocycles. The molecule has 15 heavy (non-hydrogen) atoms. The summed E-state index contributed by atoms with van der Waals surface area (Å²) in [6.07, 6.45) is 0.318. The van der Waals surface area contributed by atoms with Gasteiger partial charge < -0.3 is 4.90 Å². The summed E-state index contributed by atoms with van der Waals surface area (Å²) in [6, 6.07) is 7.45. The number of benzene rings is 1. The number of hydrogen-bond donors (Lipinski definition) is 1. The summed E-state index contributed by atoms with van der Waals surface area (Å²) in [5.41, 5.74) is 1.80. The third-order valence-corrected chi connectivity index (χ3v) is 4.67. The van der Waals surface area contributed by atoms with Gasteiger partial charge in [-0.05, 0) is 18.6 Å². The first-order valence-electron chi connectivity index (χ1n) is 4.65. The molecular weight excluding hydrogens is 214 g/mol. The van der Waals surface area contributed by atoms with Gasteiger partial charge in [0, 0.05) is 19.2 Å². The van der Waals surface area contributed by atoms with Crippen LogP contribution in [0, 0.1) is 0 Å². The molecule has 1 N–H and O–H groups in total. The third-order valence-electron chi connectivity index (χ3n) is 3.14. The van der Waals surface area contributed by atoms with Gasteiger partial charge in [0.1, 0.15) is 0 Å². The van der Waals surface area contributed by atoms with Crippen molar-refractivity contribution in [3.05, 3.63) is 29.8 Å². The van der Waals surface area contributed by atoms with Crippen molar-refractivity contribution in [2.45, 2.75) is 18.2 Å². The van der Waals surface area contributed by atoms with Crippen LogP contribution in [0.25, 0.3) is 0 Å². The molecule has 5 heteroatoms. The number of nitrogens with zero attached hydrogens (tertiary/aromatic N) is 1. The molecule has 0 radical (unpaired) electrons. The Balaban J connectivity index is 2.56. The summed E-state index contributed by atoms with van der Waals surface area (Å²) < 4.78 is 31.9. The van der Waals surface area contributed by atoms with E-state index >= 15 is 0 Å². The predicted octanol–water partition coefficient (Wildman–Crippen LogP) is 1.28. The lowest BCUT2D eigenvalue weighted by atomic mass is 10.1. The van der Waals surface area contributed by atoms with Gasteiger partial charge in [0.2, 0.25) is 0 Å². The molecule has 1 aromatic carbocycles. The second kappa shape index (κ2) is 2.96. The van der Waals surface area contributed by atoms with Crippen LogP contribution in [0.2, 0.25) is 0 Å². The Hall–Kier alpha value is -1.07. The molecule has 0 aliphatic carbocycles. The van der Waals surface area contributed by atoms with E-state index in [1.54, 1.807) is 11.9 Å². The molecular formula is C10H13NO3S. The van der Waals surface area contributed by atoms with Gasteiger partial charge in [-0.25, -0.2) is 0 Å². The Labute approximate surface area is 89.3 Å². The Morgan fingerprint density at radius 3 is 2.53 bits per heavy atom. The third kappa shape index (κ3) is 1.34. The summed E-state index contributed by atoms with van der Waals surface area (Å²) in [6.45, 7) is 1.53. The maximum absolute atomic E-state index is 11.3. The minimum Gasteiger partial charge on any atom is -0.353 e. The zero-order chi connectivity index (χ0) is 11.3. The van der Waals surface area contributed by atoms with Crippen LogP contribution in [-0.2, 0) is 16.5 Å². The van der Waals surface area contributed by atoms with Crippen molar-refractivity contribution >= 4 is 15.8 Å². The van der Waals surface area contributed by atoms with Crippen LogP contribution in [0.1, 0.15) is 12.5 Å². The lowest BCUT2D eigenvalue weighted by Crippen LogP contribution is -2.48. The average Bonchev–Trinajstić information content (AvgIpc) is 2.40. The highest BCUT2D eigenvalue weighted by atomic mass is 32.2. The SMILES string of the molecule is CN1c2ccccc2CC1(C)S(=O)(=O)O. The van der Waals surface area contributed by atoms with E-state index in [1.807, 2.05) is 24.3 Å². The van der Waals surface area contributed by atoms with Crippen molar-refractivity contribution in [3.63, 3.8) is 0 Å². The molecule has 0 amide bonds. The average molecular weight is 227 g/mol. The van der Waals surface area contributed by atoms with Crippen molar-refractivity contribution in [2.75, 3.05) is 11.9 Å². The first kappa shape index (κ1) is 10.4. The molecule has 82 valence electrons. The van der Waals surface area contributed by atoms with Crippen LogP contribution in [0.4, 0.5) is 5.69 Å². The smallest absolute Gasteiger partial charge is 0.289 e. The second-order valence-electron chi connectivity index (χ2n) is 4.01. The van der Waals surface area contributed by atoms with E-state index in [0.29, 0.717) is 6.42 Å². The van der Waals surface area contributed by atoms with Crippen LogP contribution in [0.5, 0.6) is 0 Å². The van der Waals surface area contributed by atoms with Gasteiger partial charge in [-0.15, -0.1) is 0 Å². The van der Waals surface area contributed by atoms with Crippen molar-refractivity contribution < 1.29 is 13.0 Å². The Kier molecular flexibility index (Phi) is 2.06.